The van der Waals surface area contributed by atoms with Crippen molar-refractivity contribution >= 4 is 0 Å². The lowest BCUT2D eigenvalue weighted by molar-refractivity contribution is 0.193. The highest BCUT2D eigenvalue weighted by molar-refractivity contribution is 4.84. The second kappa shape index (κ2) is 4.02. The van der Waals surface area contributed by atoms with E-state index in [0.717, 1.165) is 13.1 Å². The molecule has 1 heterocycles. The first-order valence-corrected chi connectivity index (χ1v) is 4.31. The van der Waals surface area contributed by atoms with Crippen LogP contribution in [0, 0.1) is 0 Å². The molecule has 2 atom stereocenters. The van der Waals surface area contributed by atoms with Crippen LogP contribution in [0.5, 0.6) is 0 Å². The molecular formula is C8H17FN2. The van der Waals surface area contributed by atoms with Crippen LogP contribution in [-0.4, -0.2) is 31.3 Å². The summed E-state index contributed by atoms with van der Waals surface area (Å²) in [6.45, 7) is 5.67. The maximum absolute atomic E-state index is 13.1. The smallest absolute Gasteiger partial charge is 0.118 e. The van der Waals surface area contributed by atoms with Gasteiger partial charge < -0.3 is 10.6 Å². The van der Waals surface area contributed by atoms with Crippen LogP contribution in [0.25, 0.3) is 0 Å². The van der Waals surface area contributed by atoms with Crippen LogP contribution in [0.4, 0.5) is 4.39 Å². The Bertz CT molecular complexity index is 117. The molecule has 11 heavy (non-hydrogen) atoms. The molecule has 0 unspecified atom stereocenters. The average Bonchev–Trinajstić information content (AvgIpc) is 1.93. The first kappa shape index (κ1) is 8.94. The van der Waals surface area contributed by atoms with Crippen LogP contribution in [0.15, 0.2) is 0 Å². The van der Waals surface area contributed by atoms with Gasteiger partial charge in [0.2, 0.25) is 0 Å². The minimum absolute atomic E-state index is 0.0174. The maximum Gasteiger partial charge on any atom is 0.118 e. The van der Waals surface area contributed by atoms with E-state index in [2.05, 4.69) is 10.6 Å². The maximum atomic E-state index is 13.1. The molecule has 1 aliphatic heterocycles. The predicted molar refractivity (Wildman–Crippen MR) is 44.4 cm³/mol. The van der Waals surface area contributed by atoms with Crippen molar-refractivity contribution in [3.05, 3.63) is 0 Å². The molecule has 0 aromatic heterocycles. The van der Waals surface area contributed by atoms with Gasteiger partial charge in [-0.3, -0.25) is 0 Å². The Hall–Kier alpha value is -0.150. The zero-order chi connectivity index (χ0) is 8.27. The summed E-state index contributed by atoms with van der Waals surface area (Å²) < 4.78 is 13.1. The second-order valence-electron chi connectivity index (χ2n) is 3.44. The summed E-state index contributed by atoms with van der Waals surface area (Å²) in [5, 5.41) is 6.36. The molecule has 1 fully saturated rings. The quantitative estimate of drug-likeness (QED) is 0.621. The Labute approximate surface area is 67.6 Å². The number of halogens is 1. The molecule has 1 aliphatic rings. The van der Waals surface area contributed by atoms with E-state index < -0.39 is 6.17 Å². The molecule has 1 saturated heterocycles. The van der Waals surface area contributed by atoms with Crippen LogP contribution in [0.3, 0.4) is 0 Å². The van der Waals surface area contributed by atoms with Crippen molar-refractivity contribution in [3.8, 4) is 0 Å². The highest BCUT2D eigenvalue weighted by Gasteiger charge is 2.24. The molecule has 0 saturated carbocycles. The summed E-state index contributed by atoms with van der Waals surface area (Å²) in [4.78, 5) is 0. The van der Waals surface area contributed by atoms with Gasteiger partial charge in [0.25, 0.3) is 0 Å². The van der Waals surface area contributed by atoms with Gasteiger partial charge in [0.15, 0.2) is 0 Å². The summed E-state index contributed by atoms with van der Waals surface area (Å²) in [5.41, 5.74) is 0. The normalized spacial score (nSPS) is 32.7. The Morgan fingerprint density at radius 3 is 2.82 bits per heavy atom. The Kier molecular flexibility index (Phi) is 3.27. The molecule has 0 aromatic rings. The summed E-state index contributed by atoms with van der Waals surface area (Å²) in [6, 6.07) is 0.391. The summed E-state index contributed by atoms with van der Waals surface area (Å²) >= 11 is 0. The lowest BCUT2D eigenvalue weighted by Gasteiger charge is -2.29. The van der Waals surface area contributed by atoms with E-state index in [1.807, 2.05) is 13.8 Å². The Morgan fingerprint density at radius 1 is 1.55 bits per heavy atom. The number of hydrogen-bond acceptors (Lipinski definition) is 2. The van der Waals surface area contributed by atoms with Gasteiger partial charge in [-0.2, -0.15) is 0 Å². The number of alkyl halides is 1. The fraction of sp³-hybridized carbons (Fsp3) is 1.00. The monoisotopic (exact) mass is 160 g/mol. The van der Waals surface area contributed by atoms with Crippen LogP contribution in [0.1, 0.15) is 20.3 Å². The van der Waals surface area contributed by atoms with Crippen LogP contribution >= 0.6 is 0 Å². The summed E-state index contributed by atoms with van der Waals surface area (Å²) in [6.07, 6.45) is -0.0247. The van der Waals surface area contributed by atoms with E-state index in [-0.39, 0.29) is 6.04 Å². The number of piperidine rings is 1. The van der Waals surface area contributed by atoms with E-state index in [0.29, 0.717) is 12.5 Å². The van der Waals surface area contributed by atoms with Gasteiger partial charge in [0.05, 0.1) is 6.04 Å². The molecule has 0 bridgehead atoms. The van der Waals surface area contributed by atoms with E-state index in [4.69, 9.17) is 0 Å². The topological polar surface area (TPSA) is 24.1 Å². The van der Waals surface area contributed by atoms with Gasteiger partial charge in [-0.05, 0) is 13.0 Å². The van der Waals surface area contributed by atoms with Gasteiger partial charge in [-0.1, -0.05) is 13.8 Å². The SMILES string of the molecule is CC(C)N[C@H]1CNCC[C@H]1F. The first-order valence-electron chi connectivity index (χ1n) is 4.31. The minimum atomic E-state index is -0.668. The van der Waals surface area contributed by atoms with Crippen molar-refractivity contribution in [2.24, 2.45) is 0 Å². The Morgan fingerprint density at radius 2 is 2.27 bits per heavy atom. The molecule has 0 aromatic carbocycles. The molecule has 66 valence electrons. The van der Waals surface area contributed by atoms with Gasteiger partial charge >= 0.3 is 0 Å². The van der Waals surface area contributed by atoms with Crippen molar-refractivity contribution in [2.45, 2.75) is 38.5 Å². The molecule has 1 rings (SSSR count). The molecule has 2 nitrogen and oxygen atoms in total. The van der Waals surface area contributed by atoms with Crippen LogP contribution in [-0.2, 0) is 0 Å². The highest BCUT2D eigenvalue weighted by Crippen LogP contribution is 2.08. The molecule has 0 spiro atoms. The molecule has 2 N–H and O–H groups in total. The fourth-order valence-electron chi connectivity index (χ4n) is 1.42. The van der Waals surface area contributed by atoms with Crippen molar-refractivity contribution in [2.75, 3.05) is 13.1 Å². The third kappa shape index (κ3) is 2.75. The lowest BCUT2D eigenvalue weighted by atomic mass is 10.0. The summed E-state index contributed by atoms with van der Waals surface area (Å²) in [5.74, 6) is 0. The van der Waals surface area contributed by atoms with Gasteiger partial charge in [-0.25, -0.2) is 4.39 Å². The van der Waals surface area contributed by atoms with Gasteiger partial charge in [0.1, 0.15) is 6.17 Å². The van der Waals surface area contributed by atoms with Crippen LogP contribution in [0.2, 0.25) is 0 Å². The number of hydrogen-bond donors (Lipinski definition) is 2. The largest absolute Gasteiger partial charge is 0.315 e. The number of rotatable bonds is 2. The molecule has 0 amide bonds. The Balaban J connectivity index is 2.29. The fourth-order valence-corrected chi connectivity index (χ4v) is 1.42. The molecule has 0 aliphatic carbocycles. The standard InChI is InChI=1S/C8H17FN2/c1-6(2)11-8-5-10-4-3-7(8)9/h6-8,10-11H,3-5H2,1-2H3/t7-,8+/m1/s1. The van der Waals surface area contributed by atoms with E-state index >= 15 is 0 Å². The second-order valence-corrected chi connectivity index (χ2v) is 3.44. The van der Waals surface area contributed by atoms with Crippen molar-refractivity contribution < 1.29 is 4.39 Å². The van der Waals surface area contributed by atoms with Gasteiger partial charge in [0, 0.05) is 12.6 Å². The van der Waals surface area contributed by atoms with Crippen molar-refractivity contribution in [3.63, 3.8) is 0 Å². The van der Waals surface area contributed by atoms with E-state index in [1.165, 1.54) is 0 Å². The van der Waals surface area contributed by atoms with Gasteiger partial charge in [-0.15, -0.1) is 0 Å². The zero-order valence-electron chi connectivity index (χ0n) is 7.23. The molecular weight excluding hydrogens is 143 g/mol. The highest BCUT2D eigenvalue weighted by atomic mass is 19.1. The predicted octanol–water partition coefficient (Wildman–Crippen LogP) is 0.684. The first-order chi connectivity index (χ1) is 5.20. The van der Waals surface area contributed by atoms with Crippen molar-refractivity contribution in [1.29, 1.82) is 0 Å². The number of nitrogens with one attached hydrogen (secondary N) is 2. The lowest BCUT2D eigenvalue weighted by Crippen LogP contribution is -2.52. The van der Waals surface area contributed by atoms with E-state index in [9.17, 15) is 4.39 Å². The van der Waals surface area contributed by atoms with Crippen molar-refractivity contribution in [1.82, 2.24) is 10.6 Å². The average molecular weight is 160 g/mol. The minimum Gasteiger partial charge on any atom is -0.315 e. The van der Waals surface area contributed by atoms with E-state index in [1.54, 1.807) is 0 Å². The molecule has 3 heteroatoms. The third-order valence-corrected chi connectivity index (χ3v) is 1.95. The summed E-state index contributed by atoms with van der Waals surface area (Å²) in [7, 11) is 0. The zero-order valence-corrected chi connectivity index (χ0v) is 7.23. The third-order valence-electron chi connectivity index (χ3n) is 1.95. The van der Waals surface area contributed by atoms with Crippen LogP contribution < -0.4 is 10.6 Å². The molecule has 0 radical (unpaired) electrons.